The van der Waals surface area contributed by atoms with E-state index < -0.39 is 5.97 Å². The minimum absolute atomic E-state index is 0.0450. The van der Waals surface area contributed by atoms with E-state index in [2.05, 4.69) is 10.1 Å². The molecule has 1 aromatic carbocycles. The highest BCUT2D eigenvalue weighted by atomic mass is 32.2. The zero-order valence-corrected chi connectivity index (χ0v) is 17.9. The molecule has 1 aromatic rings. The molecule has 0 radical (unpaired) electrons. The summed E-state index contributed by atoms with van der Waals surface area (Å²) in [6.07, 6.45) is 7.21. The maximum Gasteiger partial charge on any atom is 0.337 e. The highest BCUT2D eigenvalue weighted by Crippen LogP contribution is 2.32. The number of carbonyl (C=O) groups is 3. The first-order valence-corrected chi connectivity index (χ1v) is 10.9. The second-order valence-electron chi connectivity index (χ2n) is 7.10. The van der Waals surface area contributed by atoms with Crippen LogP contribution in [0.25, 0.3) is 6.08 Å². The lowest BCUT2D eigenvalue weighted by atomic mass is 10.1. The topological polar surface area (TPSA) is 75.7 Å². The van der Waals surface area contributed by atoms with E-state index in [0.29, 0.717) is 40.2 Å². The number of benzene rings is 1. The number of esters is 1. The van der Waals surface area contributed by atoms with Crippen molar-refractivity contribution in [1.29, 1.82) is 0 Å². The summed E-state index contributed by atoms with van der Waals surface area (Å²) in [5.74, 6) is -0.503. The number of hydrogen-bond acceptors (Lipinski definition) is 6. The molecule has 1 aliphatic heterocycles. The minimum atomic E-state index is -0.403. The lowest BCUT2D eigenvalue weighted by molar-refractivity contribution is -0.124. The maximum atomic E-state index is 12.7. The Bertz CT molecular complexity index is 830. The second-order valence-corrected chi connectivity index (χ2v) is 8.78. The summed E-state index contributed by atoms with van der Waals surface area (Å²) in [5, 5.41) is 3.06. The van der Waals surface area contributed by atoms with Crippen LogP contribution < -0.4 is 5.32 Å². The normalized spacial score (nSPS) is 18.5. The van der Waals surface area contributed by atoms with Crippen LogP contribution in [0.4, 0.5) is 0 Å². The fourth-order valence-electron chi connectivity index (χ4n) is 3.45. The molecule has 0 spiro atoms. The molecule has 0 aromatic heterocycles. The zero-order chi connectivity index (χ0) is 20.8. The highest BCUT2D eigenvalue weighted by Gasteiger charge is 2.31. The van der Waals surface area contributed by atoms with Gasteiger partial charge in [-0.25, -0.2) is 4.79 Å². The first-order chi connectivity index (χ1) is 14.0. The number of carbonyl (C=O) groups excluding carboxylic acids is 3. The van der Waals surface area contributed by atoms with Crippen LogP contribution in [0.1, 0.15) is 54.4 Å². The first kappa shape index (κ1) is 21.5. The molecule has 8 heteroatoms. The Morgan fingerprint density at radius 2 is 1.97 bits per heavy atom. The number of nitrogens with one attached hydrogen (secondary N) is 1. The van der Waals surface area contributed by atoms with E-state index in [9.17, 15) is 14.4 Å². The number of hydrogen-bond donors (Lipinski definition) is 1. The fraction of sp³-hybridized carbons (Fsp3) is 0.429. The van der Waals surface area contributed by atoms with Gasteiger partial charge in [-0.15, -0.1) is 0 Å². The fourth-order valence-corrected chi connectivity index (χ4v) is 4.75. The molecule has 2 aliphatic rings. The van der Waals surface area contributed by atoms with E-state index in [1.807, 2.05) is 0 Å². The van der Waals surface area contributed by atoms with Crippen molar-refractivity contribution >= 4 is 52.2 Å². The van der Waals surface area contributed by atoms with E-state index >= 15 is 0 Å². The van der Waals surface area contributed by atoms with Gasteiger partial charge in [-0.05, 0) is 43.0 Å². The molecular formula is C21H24N2O4S2. The molecule has 1 saturated carbocycles. The van der Waals surface area contributed by atoms with Crippen molar-refractivity contribution in [3.63, 3.8) is 0 Å². The maximum absolute atomic E-state index is 12.7. The quantitative estimate of drug-likeness (QED) is 0.404. The van der Waals surface area contributed by atoms with Crippen LogP contribution in [0.15, 0.2) is 29.2 Å². The highest BCUT2D eigenvalue weighted by molar-refractivity contribution is 8.26. The van der Waals surface area contributed by atoms with Gasteiger partial charge in [0.25, 0.3) is 5.91 Å². The van der Waals surface area contributed by atoms with Crippen LogP contribution >= 0.6 is 24.0 Å². The van der Waals surface area contributed by atoms with E-state index in [1.54, 1.807) is 35.2 Å². The van der Waals surface area contributed by atoms with Crippen LogP contribution in [-0.4, -0.2) is 46.7 Å². The Morgan fingerprint density at radius 3 is 2.62 bits per heavy atom. The largest absolute Gasteiger partial charge is 0.465 e. The summed E-state index contributed by atoms with van der Waals surface area (Å²) in [7, 11) is 1.33. The number of thioether (sulfide) groups is 1. The summed E-state index contributed by atoms with van der Waals surface area (Å²) in [4.78, 5) is 38.3. The van der Waals surface area contributed by atoms with Gasteiger partial charge in [-0.1, -0.05) is 49.0 Å². The number of rotatable bonds is 7. The standard InChI is InChI=1S/C21H24N2O4S2/c1-27-20(26)15-10-8-14(9-11-15)13-17-19(25)23(21(28)29-17)12-4-7-18(24)22-16-5-2-3-6-16/h8-11,13,16H,2-7,12H2,1H3,(H,22,24). The number of nitrogens with zero attached hydrogens (tertiary/aromatic N) is 1. The Hall–Kier alpha value is -2.19. The molecule has 0 bridgehead atoms. The van der Waals surface area contributed by atoms with Crippen molar-refractivity contribution in [3.05, 3.63) is 40.3 Å². The van der Waals surface area contributed by atoms with Gasteiger partial charge in [0.1, 0.15) is 4.32 Å². The van der Waals surface area contributed by atoms with Crippen LogP contribution in [0.3, 0.4) is 0 Å². The van der Waals surface area contributed by atoms with Crippen molar-refractivity contribution in [2.24, 2.45) is 0 Å². The molecule has 0 atom stereocenters. The Balaban J connectivity index is 1.52. The summed E-state index contributed by atoms with van der Waals surface area (Å²) in [5.41, 5.74) is 1.25. The molecule has 3 rings (SSSR count). The van der Waals surface area contributed by atoms with E-state index in [-0.39, 0.29) is 11.8 Å². The number of methoxy groups -OCH3 is 1. The third-order valence-corrected chi connectivity index (χ3v) is 6.39. The minimum Gasteiger partial charge on any atom is -0.465 e. The molecule has 6 nitrogen and oxygen atoms in total. The van der Waals surface area contributed by atoms with Gasteiger partial charge < -0.3 is 10.1 Å². The molecule has 0 unspecified atom stereocenters. The van der Waals surface area contributed by atoms with Gasteiger partial charge in [0, 0.05) is 19.0 Å². The molecule has 2 amide bonds. The molecule has 2 fully saturated rings. The number of ether oxygens (including phenoxy) is 1. The van der Waals surface area contributed by atoms with Crippen LogP contribution in [0, 0.1) is 0 Å². The Labute approximate surface area is 180 Å². The molecule has 29 heavy (non-hydrogen) atoms. The van der Waals surface area contributed by atoms with Crippen LogP contribution in [-0.2, 0) is 14.3 Å². The van der Waals surface area contributed by atoms with E-state index in [4.69, 9.17) is 12.2 Å². The molecular weight excluding hydrogens is 408 g/mol. The van der Waals surface area contributed by atoms with Gasteiger partial charge in [-0.3, -0.25) is 14.5 Å². The molecule has 1 saturated heterocycles. The van der Waals surface area contributed by atoms with Crippen LogP contribution in [0.5, 0.6) is 0 Å². The van der Waals surface area contributed by atoms with Gasteiger partial charge >= 0.3 is 5.97 Å². The Kier molecular flexibility index (Phi) is 7.44. The summed E-state index contributed by atoms with van der Waals surface area (Å²) in [6.45, 7) is 0.432. The number of amides is 2. The summed E-state index contributed by atoms with van der Waals surface area (Å²) in [6, 6.07) is 7.13. The number of thiocarbonyl (C=S) groups is 1. The SMILES string of the molecule is COC(=O)c1ccc(C=C2SC(=S)N(CCCC(=O)NC3CCCC3)C2=O)cc1. The van der Waals surface area contributed by atoms with E-state index in [1.165, 1.54) is 31.7 Å². The van der Waals surface area contributed by atoms with Crippen molar-refractivity contribution in [2.75, 3.05) is 13.7 Å². The van der Waals surface area contributed by atoms with Gasteiger partial charge in [0.05, 0.1) is 17.6 Å². The zero-order valence-electron chi connectivity index (χ0n) is 16.3. The van der Waals surface area contributed by atoms with Crippen molar-refractivity contribution in [2.45, 2.75) is 44.6 Å². The van der Waals surface area contributed by atoms with E-state index in [0.717, 1.165) is 18.4 Å². The van der Waals surface area contributed by atoms with Gasteiger partial charge in [-0.2, -0.15) is 0 Å². The molecule has 154 valence electrons. The lowest BCUT2D eigenvalue weighted by Gasteiger charge is -2.15. The third kappa shape index (κ3) is 5.67. The van der Waals surface area contributed by atoms with Crippen LogP contribution in [0.2, 0.25) is 0 Å². The summed E-state index contributed by atoms with van der Waals surface area (Å²) < 4.78 is 5.18. The predicted molar refractivity (Wildman–Crippen MR) is 117 cm³/mol. The van der Waals surface area contributed by atoms with Crippen molar-refractivity contribution < 1.29 is 19.1 Å². The van der Waals surface area contributed by atoms with Crippen molar-refractivity contribution in [1.82, 2.24) is 10.2 Å². The average Bonchev–Trinajstić information content (AvgIpc) is 3.31. The third-order valence-electron chi connectivity index (χ3n) is 5.01. The monoisotopic (exact) mass is 432 g/mol. The second kappa shape index (κ2) is 10.0. The smallest absolute Gasteiger partial charge is 0.337 e. The molecule has 1 N–H and O–H groups in total. The Morgan fingerprint density at radius 1 is 1.28 bits per heavy atom. The average molecular weight is 433 g/mol. The first-order valence-electron chi connectivity index (χ1n) is 9.71. The van der Waals surface area contributed by atoms with Gasteiger partial charge in [0.2, 0.25) is 5.91 Å². The predicted octanol–water partition coefficient (Wildman–Crippen LogP) is 3.51. The lowest BCUT2D eigenvalue weighted by Crippen LogP contribution is -2.34. The summed E-state index contributed by atoms with van der Waals surface area (Å²) >= 11 is 6.60. The molecule has 1 aliphatic carbocycles. The molecule has 1 heterocycles. The van der Waals surface area contributed by atoms with Crippen molar-refractivity contribution in [3.8, 4) is 0 Å². The van der Waals surface area contributed by atoms with Gasteiger partial charge in [0.15, 0.2) is 0 Å².